The Hall–Kier alpha value is -1.51. The quantitative estimate of drug-likeness (QED) is 0.666. The molecule has 2 aliphatic heterocycles. The zero-order valence-electron chi connectivity index (χ0n) is 8.66. The smallest absolute Gasteiger partial charge is 0.225 e. The van der Waals surface area contributed by atoms with E-state index in [0.29, 0.717) is 5.92 Å². The fraction of sp³-hybridized carbons (Fsp3) is 0.417. The molecule has 2 aliphatic rings. The minimum absolute atomic E-state index is 0.0971. The number of carbonyl (C=O) groups excluding carboxylic acids is 1. The third-order valence-corrected chi connectivity index (χ3v) is 3.56. The maximum absolute atomic E-state index is 11.7. The molecule has 0 saturated carbocycles. The zero-order chi connectivity index (χ0) is 10.4. The number of nitrogens with one attached hydrogen (secondary N) is 2. The Morgan fingerprint density at radius 1 is 1.33 bits per heavy atom. The fourth-order valence-corrected chi connectivity index (χ4v) is 2.77. The van der Waals surface area contributed by atoms with Crippen LogP contribution in [0.2, 0.25) is 0 Å². The molecule has 0 bridgehead atoms. The van der Waals surface area contributed by atoms with E-state index in [1.807, 2.05) is 12.1 Å². The lowest BCUT2D eigenvalue weighted by Crippen LogP contribution is -2.37. The maximum atomic E-state index is 11.7. The van der Waals surface area contributed by atoms with Gasteiger partial charge in [0.1, 0.15) is 0 Å². The Morgan fingerprint density at radius 2 is 2.13 bits per heavy atom. The first kappa shape index (κ1) is 8.77. The van der Waals surface area contributed by atoms with Crippen LogP contribution in [0.25, 0.3) is 0 Å². The first-order valence-corrected chi connectivity index (χ1v) is 5.40. The van der Waals surface area contributed by atoms with E-state index in [1.54, 1.807) is 0 Å². The summed E-state index contributed by atoms with van der Waals surface area (Å²) in [6, 6.07) is 8.52. The molecule has 0 aromatic heterocycles. The van der Waals surface area contributed by atoms with Gasteiger partial charge in [-0.25, -0.2) is 0 Å². The van der Waals surface area contributed by atoms with Gasteiger partial charge in [0, 0.05) is 12.2 Å². The van der Waals surface area contributed by atoms with E-state index in [4.69, 9.17) is 0 Å². The Bertz CT molecular complexity index is 416. The highest BCUT2D eigenvalue weighted by molar-refractivity contribution is 5.85. The maximum Gasteiger partial charge on any atom is 0.225 e. The molecule has 3 rings (SSSR count). The van der Waals surface area contributed by atoms with Crippen LogP contribution in [0.1, 0.15) is 18.4 Å². The number of amides is 1. The van der Waals surface area contributed by atoms with Crippen LogP contribution < -0.4 is 10.6 Å². The highest BCUT2D eigenvalue weighted by atomic mass is 16.2. The van der Waals surface area contributed by atoms with Crippen molar-refractivity contribution in [3.63, 3.8) is 0 Å². The molecule has 0 radical (unpaired) electrons. The van der Waals surface area contributed by atoms with Crippen molar-refractivity contribution >= 4 is 11.6 Å². The van der Waals surface area contributed by atoms with Crippen LogP contribution in [-0.2, 0) is 4.79 Å². The topological polar surface area (TPSA) is 41.1 Å². The minimum Gasteiger partial charge on any atom is -0.379 e. The van der Waals surface area contributed by atoms with E-state index < -0.39 is 0 Å². The van der Waals surface area contributed by atoms with E-state index in [-0.39, 0.29) is 17.9 Å². The summed E-state index contributed by atoms with van der Waals surface area (Å²) in [7, 11) is 0. The molecule has 78 valence electrons. The molecule has 1 fully saturated rings. The first-order valence-electron chi connectivity index (χ1n) is 5.40. The van der Waals surface area contributed by atoms with Crippen molar-refractivity contribution in [3.8, 4) is 0 Å². The molecule has 2 N–H and O–H groups in total. The lowest BCUT2D eigenvalue weighted by atomic mass is 9.80. The predicted molar refractivity (Wildman–Crippen MR) is 58.8 cm³/mol. The monoisotopic (exact) mass is 202 g/mol. The number of carbonyl (C=O) groups is 1. The summed E-state index contributed by atoms with van der Waals surface area (Å²) in [5, 5.41) is 6.36. The number of hydrogen-bond acceptors (Lipinski definition) is 2. The normalized spacial score (nSPS) is 32.6. The predicted octanol–water partition coefficient (Wildman–Crippen LogP) is 1.33. The Labute approximate surface area is 88.9 Å². The first-order chi connectivity index (χ1) is 7.27. The van der Waals surface area contributed by atoms with E-state index in [2.05, 4.69) is 29.7 Å². The summed E-state index contributed by atoms with van der Waals surface area (Å²) in [6.45, 7) is 2.89. The number of benzene rings is 1. The standard InChI is InChI=1S/C12H14N2O/c1-7-8-4-2-3-5-9(8)14-10-6-13-12(15)11(7)10/h2-5,7,10-11,14H,6H2,1H3,(H,13,15)/t7-,10+,11-/m0/s1. The van der Waals surface area contributed by atoms with E-state index in [1.165, 1.54) is 11.3 Å². The number of para-hydroxylation sites is 1. The SMILES string of the molecule is C[C@H]1c2ccccc2N[C@@H]2CNC(=O)[C@H]21. The van der Waals surface area contributed by atoms with Gasteiger partial charge in [0.25, 0.3) is 0 Å². The lowest BCUT2D eigenvalue weighted by molar-refractivity contribution is -0.123. The van der Waals surface area contributed by atoms with Crippen LogP contribution >= 0.6 is 0 Å². The molecule has 0 unspecified atom stereocenters. The van der Waals surface area contributed by atoms with Gasteiger partial charge in [-0.15, -0.1) is 0 Å². The lowest BCUT2D eigenvalue weighted by Gasteiger charge is -2.32. The van der Waals surface area contributed by atoms with Crippen molar-refractivity contribution in [1.29, 1.82) is 0 Å². The van der Waals surface area contributed by atoms with Crippen LogP contribution in [0.3, 0.4) is 0 Å². The van der Waals surface area contributed by atoms with Crippen molar-refractivity contribution < 1.29 is 4.79 Å². The summed E-state index contributed by atoms with van der Waals surface area (Å²) in [5.74, 6) is 0.601. The molecule has 3 atom stereocenters. The highest BCUT2D eigenvalue weighted by Crippen LogP contribution is 2.39. The van der Waals surface area contributed by atoms with Gasteiger partial charge in [0.05, 0.1) is 12.0 Å². The third-order valence-electron chi connectivity index (χ3n) is 3.56. The number of fused-ring (bicyclic) bond motifs is 2. The minimum atomic E-state index is 0.0971. The summed E-state index contributed by atoms with van der Waals surface area (Å²) < 4.78 is 0. The highest BCUT2D eigenvalue weighted by Gasteiger charge is 2.42. The van der Waals surface area contributed by atoms with Crippen molar-refractivity contribution in [2.75, 3.05) is 11.9 Å². The van der Waals surface area contributed by atoms with Crippen molar-refractivity contribution in [2.45, 2.75) is 18.9 Å². The van der Waals surface area contributed by atoms with E-state index in [0.717, 1.165) is 6.54 Å². The Kier molecular flexibility index (Phi) is 1.75. The van der Waals surface area contributed by atoms with Gasteiger partial charge >= 0.3 is 0 Å². The second kappa shape index (κ2) is 2.99. The fourth-order valence-electron chi connectivity index (χ4n) is 2.77. The Morgan fingerprint density at radius 3 is 3.00 bits per heavy atom. The molecule has 1 saturated heterocycles. The third kappa shape index (κ3) is 1.16. The van der Waals surface area contributed by atoms with Crippen molar-refractivity contribution in [2.24, 2.45) is 5.92 Å². The van der Waals surface area contributed by atoms with Crippen LogP contribution in [0, 0.1) is 5.92 Å². The van der Waals surface area contributed by atoms with Gasteiger partial charge < -0.3 is 10.6 Å². The van der Waals surface area contributed by atoms with Crippen molar-refractivity contribution in [3.05, 3.63) is 29.8 Å². The summed E-state index contributed by atoms with van der Waals surface area (Å²) in [5.41, 5.74) is 2.44. The molecule has 2 heterocycles. The zero-order valence-corrected chi connectivity index (χ0v) is 8.66. The average molecular weight is 202 g/mol. The van der Waals surface area contributed by atoms with Crippen LogP contribution in [0.15, 0.2) is 24.3 Å². The summed E-state index contributed by atoms with van der Waals surface area (Å²) >= 11 is 0. The Balaban J connectivity index is 2.07. The van der Waals surface area contributed by atoms with Gasteiger partial charge in [-0.05, 0) is 17.5 Å². The second-order valence-corrected chi connectivity index (χ2v) is 4.40. The van der Waals surface area contributed by atoms with Crippen LogP contribution in [0.4, 0.5) is 5.69 Å². The molecular formula is C12H14N2O. The molecule has 1 amide bonds. The number of hydrogen-bond donors (Lipinski definition) is 2. The molecule has 3 nitrogen and oxygen atoms in total. The van der Waals surface area contributed by atoms with Gasteiger partial charge in [-0.2, -0.15) is 0 Å². The molecule has 0 spiro atoms. The van der Waals surface area contributed by atoms with Gasteiger partial charge in [0.2, 0.25) is 5.91 Å². The number of rotatable bonds is 0. The van der Waals surface area contributed by atoms with Gasteiger partial charge in [-0.3, -0.25) is 4.79 Å². The molecular weight excluding hydrogens is 188 g/mol. The molecule has 3 heteroatoms. The van der Waals surface area contributed by atoms with E-state index in [9.17, 15) is 4.79 Å². The number of anilines is 1. The van der Waals surface area contributed by atoms with E-state index >= 15 is 0 Å². The van der Waals surface area contributed by atoms with Crippen LogP contribution in [-0.4, -0.2) is 18.5 Å². The molecule has 1 aromatic carbocycles. The largest absolute Gasteiger partial charge is 0.379 e. The summed E-state index contributed by atoms with van der Waals surface area (Å²) in [4.78, 5) is 11.7. The second-order valence-electron chi connectivity index (χ2n) is 4.40. The average Bonchev–Trinajstić information content (AvgIpc) is 2.61. The molecule has 0 aliphatic carbocycles. The summed E-state index contributed by atoms with van der Waals surface area (Å²) in [6.07, 6.45) is 0. The van der Waals surface area contributed by atoms with Crippen LogP contribution in [0.5, 0.6) is 0 Å². The van der Waals surface area contributed by atoms with Gasteiger partial charge in [-0.1, -0.05) is 25.1 Å². The van der Waals surface area contributed by atoms with Crippen molar-refractivity contribution in [1.82, 2.24) is 5.32 Å². The molecule has 15 heavy (non-hydrogen) atoms. The molecule has 1 aromatic rings. The van der Waals surface area contributed by atoms with Gasteiger partial charge in [0.15, 0.2) is 0 Å².